The van der Waals surface area contributed by atoms with Gasteiger partial charge in [-0.25, -0.2) is 13.4 Å². The second-order valence-electron chi connectivity index (χ2n) is 9.12. The summed E-state index contributed by atoms with van der Waals surface area (Å²) in [6.45, 7) is 3.68. The standard InChI is InChI=1S/C29H27N5O4S/c1-21(35)33-17-19-34(20-18-33)29(36)23-5-9-24(10-6-23)31-28-4-2-3-27(32-28)22-7-11-25(12-8-22)39(37,38)26-13-15-30-16-14-26/h2-16H,17-20H2,1H3,(H,31,32). The largest absolute Gasteiger partial charge is 0.340 e. The van der Waals surface area contributed by atoms with E-state index in [1.54, 1.807) is 53.1 Å². The van der Waals surface area contributed by atoms with Crippen molar-refractivity contribution in [3.8, 4) is 11.3 Å². The van der Waals surface area contributed by atoms with Crippen molar-refractivity contribution in [2.45, 2.75) is 16.7 Å². The van der Waals surface area contributed by atoms with Gasteiger partial charge < -0.3 is 15.1 Å². The van der Waals surface area contributed by atoms with Crippen molar-refractivity contribution in [1.29, 1.82) is 0 Å². The highest BCUT2D eigenvalue weighted by atomic mass is 32.2. The highest BCUT2D eigenvalue weighted by Gasteiger charge is 2.23. The number of hydrogen-bond donors (Lipinski definition) is 1. The van der Waals surface area contributed by atoms with Crippen LogP contribution in [-0.4, -0.2) is 66.2 Å². The number of anilines is 2. The Kier molecular flexibility index (Phi) is 7.38. The molecular formula is C29H27N5O4S. The lowest BCUT2D eigenvalue weighted by molar-refractivity contribution is -0.130. The van der Waals surface area contributed by atoms with Gasteiger partial charge in [0.2, 0.25) is 15.7 Å². The van der Waals surface area contributed by atoms with Crippen molar-refractivity contribution in [3.05, 3.63) is 96.8 Å². The molecule has 2 aromatic carbocycles. The van der Waals surface area contributed by atoms with Gasteiger partial charge in [0.1, 0.15) is 5.82 Å². The van der Waals surface area contributed by atoms with Crippen LogP contribution >= 0.6 is 0 Å². The third-order valence-electron chi connectivity index (χ3n) is 6.59. The zero-order valence-electron chi connectivity index (χ0n) is 21.3. The summed E-state index contributed by atoms with van der Waals surface area (Å²) in [5.74, 6) is 0.584. The molecule has 2 aromatic heterocycles. The summed E-state index contributed by atoms with van der Waals surface area (Å²) >= 11 is 0. The first-order valence-electron chi connectivity index (χ1n) is 12.5. The lowest BCUT2D eigenvalue weighted by Gasteiger charge is -2.34. The van der Waals surface area contributed by atoms with E-state index >= 15 is 0 Å². The molecular weight excluding hydrogens is 514 g/mol. The quantitative estimate of drug-likeness (QED) is 0.392. The molecule has 9 nitrogen and oxygen atoms in total. The number of nitrogens with one attached hydrogen (secondary N) is 1. The van der Waals surface area contributed by atoms with Crippen molar-refractivity contribution in [2.24, 2.45) is 0 Å². The highest BCUT2D eigenvalue weighted by Crippen LogP contribution is 2.25. The smallest absolute Gasteiger partial charge is 0.253 e. The normalized spacial score (nSPS) is 13.7. The molecule has 0 saturated carbocycles. The summed E-state index contributed by atoms with van der Waals surface area (Å²) in [4.78, 5) is 36.8. The fourth-order valence-electron chi connectivity index (χ4n) is 4.37. The molecule has 0 bridgehead atoms. The number of nitrogens with zero attached hydrogens (tertiary/aromatic N) is 4. The van der Waals surface area contributed by atoms with E-state index in [0.717, 1.165) is 11.3 Å². The number of carbonyl (C=O) groups excluding carboxylic acids is 2. The molecule has 0 radical (unpaired) electrons. The molecule has 5 rings (SSSR count). The molecule has 1 N–H and O–H groups in total. The lowest BCUT2D eigenvalue weighted by atomic mass is 10.1. The number of piperazine rings is 1. The van der Waals surface area contributed by atoms with Crippen LogP contribution in [0.3, 0.4) is 0 Å². The number of aromatic nitrogens is 2. The summed E-state index contributed by atoms with van der Waals surface area (Å²) in [6, 6.07) is 22.3. The molecule has 10 heteroatoms. The lowest BCUT2D eigenvalue weighted by Crippen LogP contribution is -2.50. The Bertz CT molecular complexity index is 1580. The molecule has 0 spiro atoms. The van der Waals surface area contributed by atoms with E-state index in [4.69, 9.17) is 0 Å². The molecule has 1 saturated heterocycles. The summed E-state index contributed by atoms with van der Waals surface area (Å²) in [5.41, 5.74) is 2.82. The fourth-order valence-corrected chi connectivity index (χ4v) is 5.62. The van der Waals surface area contributed by atoms with Crippen LogP contribution in [0.4, 0.5) is 11.5 Å². The van der Waals surface area contributed by atoms with Crippen LogP contribution in [0.5, 0.6) is 0 Å². The maximum Gasteiger partial charge on any atom is 0.253 e. The third kappa shape index (κ3) is 5.80. The summed E-state index contributed by atoms with van der Waals surface area (Å²) < 4.78 is 25.7. The third-order valence-corrected chi connectivity index (χ3v) is 8.37. The number of pyridine rings is 2. The minimum atomic E-state index is -3.63. The number of sulfone groups is 1. The Balaban J connectivity index is 1.25. The molecule has 0 atom stereocenters. The molecule has 1 fully saturated rings. The maximum absolute atomic E-state index is 12.9. The Morgan fingerprint density at radius 3 is 2.03 bits per heavy atom. The first-order chi connectivity index (χ1) is 18.8. The number of carbonyl (C=O) groups is 2. The van der Waals surface area contributed by atoms with Gasteiger partial charge in [-0.05, 0) is 60.7 Å². The SMILES string of the molecule is CC(=O)N1CCN(C(=O)c2ccc(Nc3cccc(-c4ccc(S(=O)(=O)c5ccncc5)cc4)n3)cc2)CC1. The van der Waals surface area contributed by atoms with E-state index in [-0.39, 0.29) is 21.6 Å². The van der Waals surface area contributed by atoms with Crippen molar-refractivity contribution in [1.82, 2.24) is 19.8 Å². The Hall–Kier alpha value is -4.57. The molecule has 1 aliphatic rings. The number of rotatable bonds is 6. The number of hydrogen-bond acceptors (Lipinski definition) is 7. The van der Waals surface area contributed by atoms with Crippen LogP contribution in [-0.2, 0) is 14.6 Å². The van der Waals surface area contributed by atoms with E-state index in [1.165, 1.54) is 24.5 Å². The minimum absolute atomic E-state index is 0.0289. The van der Waals surface area contributed by atoms with Crippen molar-refractivity contribution in [2.75, 3.05) is 31.5 Å². The van der Waals surface area contributed by atoms with E-state index in [0.29, 0.717) is 43.3 Å². The fraction of sp³-hybridized carbons (Fsp3) is 0.172. The van der Waals surface area contributed by atoms with Crippen molar-refractivity contribution < 1.29 is 18.0 Å². The van der Waals surface area contributed by atoms with Gasteiger partial charge in [-0.2, -0.15) is 0 Å². The van der Waals surface area contributed by atoms with Crippen LogP contribution in [0, 0.1) is 0 Å². The second-order valence-corrected chi connectivity index (χ2v) is 11.1. The zero-order valence-corrected chi connectivity index (χ0v) is 22.1. The predicted octanol–water partition coefficient (Wildman–Crippen LogP) is 4.02. The van der Waals surface area contributed by atoms with Gasteiger partial charge in [-0.3, -0.25) is 14.6 Å². The molecule has 0 aliphatic carbocycles. The molecule has 2 amide bonds. The molecule has 4 aromatic rings. The van der Waals surface area contributed by atoms with Gasteiger partial charge in [-0.1, -0.05) is 18.2 Å². The molecule has 0 unspecified atom stereocenters. The van der Waals surface area contributed by atoms with Crippen LogP contribution in [0.1, 0.15) is 17.3 Å². The van der Waals surface area contributed by atoms with Gasteiger partial charge in [0.15, 0.2) is 0 Å². The average Bonchev–Trinajstić information content (AvgIpc) is 2.98. The molecule has 3 heterocycles. The zero-order chi connectivity index (χ0) is 27.4. The minimum Gasteiger partial charge on any atom is -0.340 e. The number of benzene rings is 2. The van der Waals surface area contributed by atoms with E-state index in [2.05, 4.69) is 15.3 Å². The Labute approximate surface area is 227 Å². The van der Waals surface area contributed by atoms with Gasteiger partial charge >= 0.3 is 0 Å². The topological polar surface area (TPSA) is 113 Å². The van der Waals surface area contributed by atoms with Crippen molar-refractivity contribution in [3.63, 3.8) is 0 Å². The average molecular weight is 542 g/mol. The molecule has 198 valence electrons. The van der Waals surface area contributed by atoms with Gasteiger partial charge in [0.25, 0.3) is 5.91 Å². The van der Waals surface area contributed by atoms with Crippen LogP contribution in [0.2, 0.25) is 0 Å². The first kappa shape index (κ1) is 26.1. The van der Waals surface area contributed by atoms with E-state index in [1.807, 2.05) is 30.3 Å². The van der Waals surface area contributed by atoms with Gasteiger partial charge in [0.05, 0.1) is 15.5 Å². The van der Waals surface area contributed by atoms with Gasteiger partial charge in [0, 0.05) is 62.3 Å². The summed E-state index contributed by atoms with van der Waals surface area (Å²) in [5, 5.41) is 3.25. The molecule has 1 aliphatic heterocycles. The highest BCUT2D eigenvalue weighted by molar-refractivity contribution is 7.91. The summed E-state index contributed by atoms with van der Waals surface area (Å²) in [7, 11) is -3.63. The van der Waals surface area contributed by atoms with Crippen LogP contribution in [0.15, 0.2) is 101 Å². The Morgan fingerprint density at radius 1 is 0.769 bits per heavy atom. The summed E-state index contributed by atoms with van der Waals surface area (Å²) in [6.07, 6.45) is 2.90. The molecule has 39 heavy (non-hydrogen) atoms. The first-order valence-corrected chi connectivity index (χ1v) is 13.9. The van der Waals surface area contributed by atoms with Crippen LogP contribution in [0.25, 0.3) is 11.3 Å². The predicted molar refractivity (Wildman–Crippen MR) is 147 cm³/mol. The van der Waals surface area contributed by atoms with E-state index < -0.39 is 9.84 Å². The maximum atomic E-state index is 12.9. The van der Waals surface area contributed by atoms with E-state index in [9.17, 15) is 18.0 Å². The number of amides is 2. The Morgan fingerprint density at radius 2 is 1.38 bits per heavy atom. The second kappa shape index (κ2) is 11.0. The van der Waals surface area contributed by atoms with Gasteiger partial charge in [-0.15, -0.1) is 0 Å². The van der Waals surface area contributed by atoms with Crippen molar-refractivity contribution >= 4 is 33.2 Å². The van der Waals surface area contributed by atoms with Crippen LogP contribution < -0.4 is 5.32 Å². The monoisotopic (exact) mass is 541 g/mol.